The Morgan fingerprint density at radius 3 is 2.11 bits per heavy atom. The Hall–Kier alpha value is -4.11. The minimum absolute atomic E-state index is 0.00202. The van der Waals surface area contributed by atoms with E-state index in [1.165, 1.54) is 24.7 Å². The zero-order valence-electron chi connectivity index (χ0n) is 20.3. The number of carbonyl (C=O) groups excluding carboxylic acids is 4. The zero-order valence-corrected chi connectivity index (χ0v) is 21.2. The van der Waals surface area contributed by atoms with Crippen molar-refractivity contribution < 1.29 is 34.2 Å². The SMILES string of the molecule is NC(=O)CCC(N)C(=O)NC(Cc1ccc(O)cc1)C(=O)NC(CS)C(=O)NC(Cc1cnc[nH]1)C(=O)O. The van der Waals surface area contributed by atoms with Crippen LogP contribution >= 0.6 is 12.6 Å². The second-order valence-corrected chi connectivity index (χ2v) is 8.83. The Kier molecular flexibility index (Phi) is 11.6. The van der Waals surface area contributed by atoms with Gasteiger partial charge in [0.1, 0.15) is 23.9 Å². The van der Waals surface area contributed by atoms with Crippen LogP contribution in [0.25, 0.3) is 0 Å². The number of hydrogen-bond acceptors (Lipinski definition) is 9. The van der Waals surface area contributed by atoms with Gasteiger partial charge in [-0.1, -0.05) is 12.1 Å². The predicted octanol–water partition coefficient (Wildman–Crippen LogP) is -2.04. The molecule has 38 heavy (non-hydrogen) atoms. The molecule has 2 aromatic rings. The summed E-state index contributed by atoms with van der Waals surface area (Å²) >= 11 is 4.10. The number of benzene rings is 1. The summed E-state index contributed by atoms with van der Waals surface area (Å²) in [4.78, 5) is 67.8. The number of nitrogens with zero attached hydrogens (tertiary/aromatic N) is 1. The van der Waals surface area contributed by atoms with Gasteiger partial charge in [0, 0.05) is 36.9 Å². The number of thiol groups is 1. The number of H-pyrrole nitrogens is 1. The molecule has 1 aromatic carbocycles. The number of carbonyl (C=O) groups is 5. The molecule has 0 radical (unpaired) electrons. The molecule has 10 N–H and O–H groups in total. The Labute approximate surface area is 223 Å². The molecule has 1 aromatic heterocycles. The monoisotopic (exact) mass is 549 g/mol. The van der Waals surface area contributed by atoms with E-state index in [4.69, 9.17) is 11.5 Å². The summed E-state index contributed by atoms with van der Waals surface area (Å²) in [5.41, 5.74) is 12.0. The smallest absolute Gasteiger partial charge is 0.326 e. The topological polar surface area (TPSA) is 243 Å². The largest absolute Gasteiger partial charge is 0.508 e. The van der Waals surface area contributed by atoms with Crippen LogP contribution in [0.5, 0.6) is 5.75 Å². The van der Waals surface area contributed by atoms with Crippen molar-refractivity contribution in [3.05, 3.63) is 48.0 Å². The molecule has 0 aliphatic rings. The molecule has 0 saturated carbocycles. The number of aliphatic carboxylic acids is 1. The predicted molar refractivity (Wildman–Crippen MR) is 138 cm³/mol. The highest BCUT2D eigenvalue weighted by Crippen LogP contribution is 2.12. The molecule has 2 rings (SSSR count). The van der Waals surface area contributed by atoms with Crippen LogP contribution in [0.4, 0.5) is 0 Å². The normalized spacial score (nSPS) is 13.9. The van der Waals surface area contributed by atoms with Crippen molar-refractivity contribution in [3.8, 4) is 5.75 Å². The quantitative estimate of drug-likeness (QED) is 0.111. The van der Waals surface area contributed by atoms with E-state index in [0.29, 0.717) is 11.3 Å². The summed E-state index contributed by atoms with van der Waals surface area (Å²) in [6.07, 6.45) is 2.52. The third kappa shape index (κ3) is 9.74. The summed E-state index contributed by atoms with van der Waals surface area (Å²) in [5.74, 6) is -4.38. The molecular formula is C23H31N7O7S. The van der Waals surface area contributed by atoms with E-state index >= 15 is 0 Å². The molecule has 14 nitrogen and oxygen atoms in total. The molecule has 15 heteroatoms. The number of carboxylic acid groups (broad SMARTS) is 1. The van der Waals surface area contributed by atoms with Crippen LogP contribution in [-0.2, 0) is 36.8 Å². The summed E-state index contributed by atoms with van der Waals surface area (Å²) in [6.45, 7) is 0. The molecule has 0 spiro atoms. The fourth-order valence-corrected chi connectivity index (χ4v) is 3.60. The molecule has 4 atom stereocenters. The lowest BCUT2D eigenvalue weighted by Gasteiger charge is -2.24. The van der Waals surface area contributed by atoms with E-state index in [1.54, 1.807) is 12.1 Å². The number of carboxylic acids is 1. The molecule has 4 unspecified atom stereocenters. The van der Waals surface area contributed by atoms with Gasteiger partial charge < -0.3 is 42.6 Å². The highest BCUT2D eigenvalue weighted by molar-refractivity contribution is 7.80. The average molecular weight is 550 g/mol. The minimum atomic E-state index is -1.31. The summed E-state index contributed by atoms with van der Waals surface area (Å²) < 4.78 is 0. The lowest BCUT2D eigenvalue weighted by atomic mass is 10.0. The number of aromatic hydroxyl groups is 1. The van der Waals surface area contributed by atoms with Gasteiger partial charge in [-0.05, 0) is 24.1 Å². The van der Waals surface area contributed by atoms with Crippen molar-refractivity contribution in [1.82, 2.24) is 25.9 Å². The number of rotatable bonds is 15. The van der Waals surface area contributed by atoms with Crippen molar-refractivity contribution in [2.24, 2.45) is 11.5 Å². The second-order valence-electron chi connectivity index (χ2n) is 8.47. The van der Waals surface area contributed by atoms with Gasteiger partial charge in [0.2, 0.25) is 23.6 Å². The standard InChI is InChI=1S/C23H31N7O7S/c24-15(5-6-19(25)32)20(33)28-16(7-12-1-3-14(31)4-2-12)21(34)30-18(10-38)22(35)29-17(23(36)37)8-13-9-26-11-27-13/h1-4,9,11,15-18,31,38H,5-8,10,24H2,(H2,25,32)(H,26,27)(H,28,33)(H,29,35)(H,30,34)(H,36,37). The first-order chi connectivity index (χ1) is 18.0. The number of hydrogen-bond donors (Lipinski definition) is 9. The highest BCUT2D eigenvalue weighted by atomic mass is 32.1. The number of nitrogens with two attached hydrogens (primary N) is 2. The average Bonchev–Trinajstić information content (AvgIpc) is 3.39. The second kappa shape index (κ2) is 14.6. The molecule has 0 fully saturated rings. The Balaban J connectivity index is 2.13. The van der Waals surface area contributed by atoms with E-state index in [0.717, 1.165) is 0 Å². The van der Waals surface area contributed by atoms with Gasteiger partial charge in [-0.25, -0.2) is 9.78 Å². The Morgan fingerprint density at radius 2 is 1.55 bits per heavy atom. The fraction of sp³-hybridized carbons (Fsp3) is 0.391. The molecule has 0 saturated heterocycles. The molecule has 206 valence electrons. The van der Waals surface area contributed by atoms with E-state index < -0.39 is 53.8 Å². The summed E-state index contributed by atoms with van der Waals surface area (Å²) in [5, 5.41) is 26.4. The van der Waals surface area contributed by atoms with E-state index in [2.05, 4.69) is 38.5 Å². The van der Waals surface area contributed by atoms with Crippen LogP contribution in [0.2, 0.25) is 0 Å². The zero-order chi connectivity index (χ0) is 28.2. The number of aromatic amines is 1. The van der Waals surface area contributed by atoms with Crippen LogP contribution < -0.4 is 27.4 Å². The van der Waals surface area contributed by atoms with Gasteiger partial charge in [0.25, 0.3) is 0 Å². The first-order valence-electron chi connectivity index (χ1n) is 11.5. The number of imidazole rings is 1. The number of phenols is 1. The third-order valence-corrected chi connectivity index (χ3v) is 5.82. The van der Waals surface area contributed by atoms with Crippen molar-refractivity contribution in [2.45, 2.75) is 49.9 Å². The summed E-state index contributed by atoms with van der Waals surface area (Å²) in [7, 11) is 0. The van der Waals surface area contributed by atoms with Crippen LogP contribution in [-0.4, -0.2) is 79.7 Å². The summed E-state index contributed by atoms with van der Waals surface area (Å²) in [6, 6.07) is 1.02. The number of primary amides is 1. The lowest BCUT2D eigenvalue weighted by Crippen LogP contribution is -2.58. The number of phenolic OH excluding ortho intramolecular Hbond substituents is 1. The van der Waals surface area contributed by atoms with Crippen LogP contribution in [0, 0.1) is 0 Å². The van der Waals surface area contributed by atoms with Crippen LogP contribution in [0.15, 0.2) is 36.8 Å². The van der Waals surface area contributed by atoms with Gasteiger partial charge in [-0.15, -0.1) is 0 Å². The van der Waals surface area contributed by atoms with E-state index in [-0.39, 0.29) is 37.2 Å². The van der Waals surface area contributed by atoms with E-state index in [1.807, 2.05) is 0 Å². The van der Waals surface area contributed by atoms with Gasteiger partial charge >= 0.3 is 5.97 Å². The maximum absolute atomic E-state index is 13.2. The van der Waals surface area contributed by atoms with Crippen molar-refractivity contribution in [3.63, 3.8) is 0 Å². The first kappa shape index (κ1) is 30.1. The number of amides is 4. The molecular weight excluding hydrogens is 518 g/mol. The Bertz CT molecular complexity index is 1110. The highest BCUT2D eigenvalue weighted by Gasteiger charge is 2.30. The number of aromatic nitrogens is 2. The van der Waals surface area contributed by atoms with Gasteiger partial charge in [0.15, 0.2) is 0 Å². The van der Waals surface area contributed by atoms with Crippen molar-refractivity contribution in [1.29, 1.82) is 0 Å². The maximum atomic E-state index is 13.2. The van der Waals surface area contributed by atoms with Gasteiger partial charge in [-0.3, -0.25) is 19.2 Å². The fourth-order valence-electron chi connectivity index (χ4n) is 3.34. The van der Waals surface area contributed by atoms with Gasteiger partial charge in [-0.2, -0.15) is 12.6 Å². The molecule has 0 aliphatic heterocycles. The number of nitrogens with one attached hydrogen (secondary N) is 4. The molecule has 1 heterocycles. The first-order valence-corrected chi connectivity index (χ1v) is 12.2. The molecule has 0 aliphatic carbocycles. The van der Waals surface area contributed by atoms with Gasteiger partial charge in [0.05, 0.1) is 12.4 Å². The third-order valence-electron chi connectivity index (χ3n) is 5.46. The molecule has 4 amide bonds. The molecule has 0 bridgehead atoms. The van der Waals surface area contributed by atoms with Crippen LogP contribution in [0.1, 0.15) is 24.1 Å². The van der Waals surface area contributed by atoms with Crippen molar-refractivity contribution >= 4 is 42.2 Å². The van der Waals surface area contributed by atoms with Crippen molar-refractivity contribution in [2.75, 3.05) is 5.75 Å². The lowest BCUT2D eigenvalue weighted by molar-refractivity contribution is -0.142. The maximum Gasteiger partial charge on any atom is 0.326 e. The van der Waals surface area contributed by atoms with Crippen LogP contribution in [0.3, 0.4) is 0 Å². The van der Waals surface area contributed by atoms with E-state index in [9.17, 15) is 34.2 Å². The Morgan fingerprint density at radius 1 is 0.947 bits per heavy atom. The minimum Gasteiger partial charge on any atom is -0.508 e.